The minimum atomic E-state index is -1.02. The SMILES string of the molecule is O=C(O)/C(=C(\C(=O)O)C1CCCC1)C1CCCC1.[NaH].[NaH]. The molecule has 2 aliphatic rings. The molecule has 2 saturated carbocycles. The molecule has 0 unspecified atom stereocenters. The molecule has 0 aromatic heterocycles. The summed E-state index contributed by atoms with van der Waals surface area (Å²) in [6, 6.07) is 0. The molecule has 6 heteroatoms. The van der Waals surface area contributed by atoms with Crippen LogP contribution in [0.25, 0.3) is 0 Å². The standard InChI is InChI=1S/C14H20O4.2Na.2H/c15-13(16)11(9-5-1-2-6-9)12(14(17)18)10-7-3-4-8-10;;;;/h9-10H,1-8H2,(H,15,16)(H,17,18);;;;/b12-11-;;;;. The summed E-state index contributed by atoms with van der Waals surface area (Å²) in [7, 11) is 0. The summed E-state index contributed by atoms with van der Waals surface area (Å²) in [6.07, 6.45) is 7.35. The predicted molar refractivity (Wildman–Crippen MR) is 80.5 cm³/mol. The van der Waals surface area contributed by atoms with Gasteiger partial charge in [-0.2, -0.15) is 0 Å². The van der Waals surface area contributed by atoms with Crippen LogP contribution in [0.5, 0.6) is 0 Å². The van der Waals surface area contributed by atoms with Crippen molar-refractivity contribution < 1.29 is 19.8 Å². The normalized spacial score (nSPS) is 20.8. The number of aliphatic carboxylic acids is 2. The minimum absolute atomic E-state index is 0. The molecule has 0 aromatic carbocycles. The second-order valence-corrected chi connectivity index (χ2v) is 5.40. The summed E-state index contributed by atoms with van der Waals surface area (Å²) in [5, 5.41) is 18.8. The van der Waals surface area contributed by atoms with Gasteiger partial charge in [-0.15, -0.1) is 0 Å². The maximum absolute atomic E-state index is 11.5. The summed E-state index contributed by atoms with van der Waals surface area (Å²) in [6.45, 7) is 0. The monoisotopic (exact) mass is 300 g/mol. The van der Waals surface area contributed by atoms with E-state index in [-0.39, 0.29) is 82.1 Å². The van der Waals surface area contributed by atoms with E-state index in [1.165, 1.54) is 0 Å². The van der Waals surface area contributed by atoms with Crippen LogP contribution in [-0.2, 0) is 9.59 Å². The molecular weight excluding hydrogens is 278 g/mol. The fourth-order valence-electron chi connectivity index (χ4n) is 3.45. The number of hydrogen-bond donors (Lipinski definition) is 2. The zero-order valence-electron chi connectivity index (χ0n) is 10.5. The Morgan fingerprint density at radius 2 is 0.900 bits per heavy atom. The van der Waals surface area contributed by atoms with Crippen molar-refractivity contribution in [3.05, 3.63) is 11.1 Å². The van der Waals surface area contributed by atoms with Crippen LogP contribution in [0, 0.1) is 11.8 Å². The van der Waals surface area contributed by atoms with Gasteiger partial charge in [0.05, 0.1) is 11.1 Å². The third-order valence-corrected chi connectivity index (χ3v) is 4.28. The van der Waals surface area contributed by atoms with E-state index < -0.39 is 11.9 Å². The van der Waals surface area contributed by atoms with Crippen LogP contribution in [0.3, 0.4) is 0 Å². The average molecular weight is 300 g/mol. The summed E-state index contributed by atoms with van der Waals surface area (Å²) >= 11 is 0. The van der Waals surface area contributed by atoms with E-state index in [4.69, 9.17) is 0 Å². The van der Waals surface area contributed by atoms with Gasteiger partial charge >= 0.3 is 71.1 Å². The third-order valence-electron chi connectivity index (χ3n) is 4.28. The van der Waals surface area contributed by atoms with Crippen molar-refractivity contribution in [3.63, 3.8) is 0 Å². The van der Waals surface area contributed by atoms with Gasteiger partial charge in [-0.05, 0) is 37.5 Å². The van der Waals surface area contributed by atoms with E-state index >= 15 is 0 Å². The van der Waals surface area contributed by atoms with Crippen LogP contribution < -0.4 is 0 Å². The quantitative estimate of drug-likeness (QED) is 0.610. The molecule has 0 amide bonds. The van der Waals surface area contributed by atoms with Crippen molar-refractivity contribution in [1.29, 1.82) is 0 Å². The first-order valence-corrected chi connectivity index (χ1v) is 6.82. The molecule has 0 spiro atoms. The van der Waals surface area contributed by atoms with Gasteiger partial charge < -0.3 is 10.2 Å². The Hall–Kier alpha value is 0.680. The Kier molecular flexibility index (Phi) is 9.98. The molecule has 0 aromatic rings. The van der Waals surface area contributed by atoms with E-state index in [9.17, 15) is 19.8 Å². The first-order valence-electron chi connectivity index (χ1n) is 6.82. The van der Waals surface area contributed by atoms with Crippen LogP contribution in [0.1, 0.15) is 51.4 Å². The van der Waals surface area contributed by atoms with E-state index in [0.717, 1.165) is 51.4 Å². The van der Waals surface area contributed by atoms with E-state index in [2.05, 4.69) is 0 Å². The fourth-order valence-corrected chi connectivity index (χ4v) is 3.45. The maximum atomic E-state index is 11.5. The summed E-state index contributed by atoms with van der Waals surface area (Å²) in [4.78, 5) is 22.9. The molecule has 2 N–H and O–H groups in total. The van der Waals surface area contributed by atoms with Gasteiger partial charge in [0, 0.05) is 0 Å². The Morgan fingerprint density at radius 3 is 1.10 bits per heavy atom. The van der Waals surface area contributed by atoms with Crippen molar-refractivity contribution in [2.45, 2.75) is 51.4 Å². The van der Waals surface area contributed by atoms with Gasteiger partial charge in [0.1, 0.15) is 0 Å². The molecule has 0 bridgehead atoms. The summed E-state index contributed by atoms with van der Waals surface area (Å²) in [5.41, 5.74) is 0.402. The molecule has 0 atom stereocenters. The Labute approximate surface area is 164 Å². The van der Waals surface area contributed by atoms with E-state index in [1.54, 1.807) is 0 Å². The predicted octanol–water partition coefficient (Wildman–Crippen LogP) is 1.54. The van der Waals surface area contributed by atoms with Crippen LogP contribution in [-0.4, -0.2) is 81.3 Å². The van der Waals surface area contributed by atoms with Crippen molar-refractivity contribution in [2.24, 2.45) is 11.8 Å². The fraction of sp³-hybridized carbons (Fsp3) is 0.714. The van der Waals surface area contributed by atoms with Crippen molar-refractivity contribution in [2.75, 3.05) is 0 Å². The second kappa shape index (κ2) is 9.65. The number of carboxylic acids is 2. The number of rotatable bonds is 4. The first-order chi connectivity index (χ1) is 8.61. The van der Waals surface area contributed by atoms with Crippen molar-refractivity contribution >= 4 is 71.1 Å². The molecule has 2 aliphatic carbocycles. The topological polar surface area (TPSA) is 74.6 Å². The van der Waals surface area contributed by atoms with E-state index in [0.29, 0.717) is 0 Å². The second-order valence-electron chi connectivity index (χ2n) is 5.40. The van der Waals surface area contributed by atoms with Crippen molar-refractivity contribution in [1.82, 2.24) is 0 Å². The average Bonchev–Trinajstić information content (AvgIpc) is 2.97. The van der Waals surface area contributed by atoms with Gasteiger partial charge in [0.15, 0.2) is 0 Å². The zero-order chi connectivity index (χ0) is 13.1. The van der Waals surface area contributed by atoms with Crippen LogP contribution >= 0.6 is 0 Å². The van der Waals surface area contributed by atoms with Gasteiger partial charge in [-0.25, -0.2) is 9.59 Å². The zero-order valence-corrected chi connectivity index (χ0v) is 10.5. The molecule has 2 rings (SSSR count). The third kappa shape index (κ3) is 4.85. The molecule has 0 aliphatic heterocycles. The summed E-state index contributed by atoms with van der Waals surface area (Å²) in [5.74, 6) is -2.14. The number of hydrogen-bond acceptors (Lipinski definition) is 2. The van der Waals surface area contributed by atoms with Gasteiger partial charge in [0.2, 0.25) is 0 Å². The van der Waals surface area contributed by atoms with Gasteiger partial charge in [-0.1, -0.05) is 25.7 Å². The first kappa shape index (κ1) is 20.7. The van der Waals surface area contributed by atoms with Crippen LogP contribution in [0.2, 0.25) is 0 Å². The van der Waals surface area contributed by atoms with Gasteiger partial charge in [0.25, 0.3) is 0 Å². The number of carbonyl (C=O) groups is 2. The van der Waals surface area contributed by atoms with Crippen LogP contribution in [0.4, 0.5) is 0 Å². The van der Waals surface area contributed by atoms with Crippen LogP contribution in [0.15, 0.2) is 11.1 Å². The molecule has 20 heavy (non-hydrogen) atoms. The molecular formula is C14H22Na2O4. The molecule has 4 nitrogen and oxygen atoms in total. The van der Waals surface area contributed by atoms with Gasteiger partial charge in [-0.3, -0.25) is 0 Å². The number of carboxylic acid groups (broad SMARTS) is 2. The Balaban J connectivity index is 0.00000180. The summed E-state index contributed by atoms with van der Waals surface area (Å²) < 4.78 is 0. The molecule has 104 valence electrons. The molecule has 0 radical (unpaired) electrons. The molecule has 0 heterocycles. The molecule has 2 fully saturated rings. The van der Waals surface area contributed by atoms with Crippen molar-refractivity contribution in [3.8, 4) is 0 Å². The Bertz CT molecular complexity index is 345. The molecule has 0 saturated heterocycles. The Morgan fingerprint density at radius 1 is 0.650 bits per heavy atom. The van der Waals surface area contributed by atoms with E-state index in [1.807, 2.05) is 0 Å².